The van der Waals surface area contributed by atoms with E-state index in [-0.39, 0.29) is 0 Å². The van der Waals surface area contributed by atoms with Crippen molar-refractivity contribution in [2.45, 2.75) is 34.1 Å². The number of aryl methyl sites for hydroxylation is 3. The van der Waals surface area contributed by atoms with Crippen LogP contribution < -0.4 is 0 Å². The molecule has 146 valence electrons. The molecule has 4 nitrogen and oxygen atoms in total. The van der Waals surface area contributed by atoms with Crippen LogP contribution in [0.15, 0.2) is 53.5 Å². The van der Waals surface area contributed by atoms with Gasteiger partial charge in [0, 0.05) is 5.02 Å². The number of hydrogen-bond acceptors (Lipinski definition) is 3. The summed E-state index contributed by atoms with van der Waals surface area (Å²) in [5.41, 5.74) is 8.97. The van der Waals surface area contributed by atoms with Crippen molar-refractivity contribution in [2.24, 2.45) is 4.99 Å². The number of benzene rings is 2. The highest BCUT2D eigenvalue weighted by molar-refractivity contribution is 6.31. The molecule has 1 N–H and O–H groups in total. The molecule has 0 fully saturated rings. The van der Waals surface area contributed by atoms with E-state index in [0.29, 0.717) is 5.02 Å². The van der Waals surface area contributed by atoms with E-state index in [4.69, 9.17) is 21.6 Å². The van der Waals surface area contributed by atoms with Gasteiger partial charge in [0.15, 0.2) is 5.82 Å². The van der Waals surface area contributed by atoms with E-state index in [1.807, 2.05) is 43.3 Å². The lowest BCUT2D eigenvalue weighted by molar-refractivity contribution is 1.12. The Balaban J connectivity index is 1.72. The Hall–Kier alpha value is -2.98. The van der Waals surface area contributed by atoms with Crippen molar-refractivity contribution in [1.82, 2.24) is 15.0 Å². The lowest BCUT2D eigenvalue weighted by atomic mass is 10.0. The van der Waals surface area contributed by atoms with Crippen molar-refractivity contribution in [2.75, 3.05) is 0 Å². The molecular formula is C24H23ClN4. The Morgan fingerprint density at radius 3 is 2.52 bits per heavy atom. The van der Waals surface area contributed by atoms with Crippen LogP contribution in [0.5, 0.6) is 0 Å². The Kier molecular flexibility index (Phi) is 5.20. The standard InChI is InChI=1S/C24H23ClN4/c1-5-17-11-14(2)23(15(3)12-17)26-16(4)19-7-6-8-21(27-19)24-28-20-10-9-18(25)13-22(20)29-24/h6-13H,5H2,1-4H3,(H,28,29). The largest absolute Gasteiger partial charge is 0.337 e. The van der Waals surface area contributed by atoms with Gasteiger partial charge >= 0.3 is 0 Å². The molecule has 0 amide bonds. The van der Waals surface area contributed by atoms with Crippen molar-refractivity contribution in [1.29, 1.82) is 0 Å². The van der Waals surface area contributed by atoms with Crippen molar-refractivity contribution >= 4 is 34.0 Å². The first-order chi connectivity index (χ1) is 13.9. The topological polar surface area (TPSA) is 53.9 Å². The Morgan fingerprint density at radius 2 is 1.79 bits per heavy atom. The number of H-pyrrole nitrogens is 1. The molecule has 0 unspecified atom stereocenters. The van der Waals surface area contributed by atoms with Crippen molar-refractivity contribution < 1.29 is 0 Å². The molecule has 29 heavy (non-hydrogen) atoms. The number of pyridine rings is 1. The third kappa shape index (κ3) is 3.94. The van der Waals surface area contributed by atoms with Gasteiger partial charge in [0.05, 0.1) is 28.1 Å². The van der Waals surface area contributed by atoms with E-state index in [2.05, 4.69) is 42.9 Å². The molecule has 5 heteroatoms. The van der Waals surface area contributed by atoms with Gasteiger partial charge in [0.25, 0.3) is 0 Å². The number of hydrogen-bond donors (Lipinski definition) is 1. The molecule has 0 aliphatic carbocycles. The number of rotatable bonds is 4. The third-order valence-electron chi connectivity index (χ3n) is 5.04. The number of fused-ring (bicyclic) bond motifs is 1. The molecule has 0 saturated carbocycles. The Bertz CT molecular complexity index is 1210. The van der Waals surface area contributed by atoms with E-state index >= 15 is 0 Å². The van der Waals surface area contributed by atoms with Crippen molar-refractivity contribution in [3.8, 4) is 11.5 Å². The van der Waals surface area contributed by atoms with Gasteiger partial charge in [-0.05, 0) is 74.2 Å². The summed E-state index contributed by atoms with van der Waals surface area (Å²) in [5, 5.41) is 0.678. The van der Waals surface area contributed by atoms with Gasteiger partial charge < -0.3 is 4.98 Å². The average Bonchev–Trinajstić information content (AvgIpc) is 3.13. The molecule has 0 saturated heterocycles. The maximum Gasteiger partial charge on any atom is 0.157 e. The second kappa shape index (κ2) is 7.80. The molecule has 4 aromatic rings. The molecule has 0 radical (unpaired) electrons. The number of aromatic amines is 1. The lowest BCUT2D eigenvalue weighted by Gasteiger charge is -2.10. The van der Waals surface area contributed by atoms with Crippen LogP contribution >= 0.6 is 11.6 Å². The Morgan fingerprint density at radius 1 is 1.03 bits per heavy atom. The van der Waals surface area contributed by atoms with E-state index in [0.717, 1.165) is 46.1 Å². The summed E-state index contributed by atoms with van der Waals surface area (Å²) in [5.74, 6) is 0.719. The lowest BCUT2D eigenvalue weighted by Crippen LogP contribution is -2.00. The SMILES string of the molecule is CCc1cc(C)c(N=C(C)c2cccc(-c3nc4ccc(Cl)cc4[nH]3)n2)c(C)c1. The summed E-state index contributed by atoms with van der Waals surface area (Å²) in [6.45, 7) is 8.39. The number of imidazole rings is 1. The van der Waals surface area contributed by atoms with Crippen molar-refractivity contribution in [3.63, 3.8) is 0 Å². The molecule has 2 heterocycles. The van der Waals surface area contributed by atoms with E-state index in [1.54, 1.807) is 0 Å². The number of aromatic nitrogens is 3. The number of nitrogens with zero attached hydrogens (tertiary/aromatic N) is 3. The van der Waals surface area contributed by atoms with Crippen LogP contribution in [0.1, 0.15) is 36.2 Å². The molecule has 2 aromatic heterocycles. The predicted octanol–water partition coefficient (Wildman–Crippen LogP) is 6.60. The summed E-state index contributed by atoms with van der Waals surface area (Å²) in [4.78, 5) is 17.6. The van der Waals surface area contributed by atoms with Gasteiger partial charge in [0.1, 0.15) is 5.69 Å². The zero-order valence-corrected chi connectivity index (χ0v) is 17.8. The summed E-state index contributed by atoms with van der Waals surface area (Å²) in [6, 6.07) is 15.9. The molecule has 0 aliphatic heterocycles. The summed E-state index contributed by atoms with van der Waals surface area (Å²) in [7, 11) is 0. The smallest absolute Gasteiger partial charge is 0.157 e. The second-order valence-electron chi connectivity index (χ2n) is 7.28. The fraction of sp³-hybridized carbons (Fsp3) is 0.208. The van der Waals surface area contributed by atoms with Crippen LogP contribution in [0, 0.1) is 13.8 Å². The van der Waals surface area contributed by atoms with Crippen LogP contribution in [0.4, 0.5) is 5.69 Å². The zero-order chi connectivity index (χ0) is 20.5. The number of aliphatic imine (C=N–C) groups is 1. The number of halogens is 1. The highest BCUT2D eigenvalue weighted by Crippen LogP contribution is 2.27. The first-order valence-electron chi connectivity index (χ1n) is 9.73. The third-order valence-corrected chi connectivity index (χ3v) is 5.28. The van der Waals surface area contributed by atoms with Crippen LogP contribution in [0.3, 0.4) is 0 Å². The van der Waals surface area contributed by atoms with Gasteiger partial charge in [0.2, 0.25) is 0 Å². The summed E-state index contributed by atoms with van der Waals surface area (Å²) >= 11 is 6.08. The quantitative estimate of drug-likeness (QED) is 0.391. The first-order valence-corrected chi connectivity index (χ1v) is 10.1. The van der Waals surface area contributed by atoms with Gasteiger partial charge in [-0.25, -0.2) is 9.97 Å². The zero-order valence-electron chi connectivity index (χ0n) is 17.0. The van der Waals surface area contributed by atoms with Gasteiger partial charge in [-0.1, -0.05) is 36.7 Å². The van der Waals surface area contributed by atoms with E-state index < -0.39 is 0 Å². The van der Waals surface area contributed by atoms with Crippen LogP contribution in [-0.2, 0) is 6.42 Å². The van der Waals surface area contributed by atoms with E-state index in [1.165, 1.54) is 16.7 Å². The first kappa shape index (κ1) is 19.3. The van der Waals surface area contributed by atoms with Crippen LogP contribution in [0.2, 0.25) is 5.02 Å². The van der Waals surface area contributed by atoms with Gasteiger partial charge in [-0.15, -0.1) is 0 Å². The summed E-state index contributed by atoms with van der Waals surface area (Å²) in [6.07, 6.45) is 1.02. The van der Waals surface area contributed by atoms with Crippen LogP contribution in [-0.4, -0.2) is 20.7 Å². The molecule has 0 aliphatic rings. The fourth-order valence-corrected chi connectivity index (χ4v) is 3.69. The minimum Gasteiger partial charge on any atom is -0.337 e. The minimum absolute atomic E-state index is 0.678. The molecule has 0 atom stereocenters. The molecule has 0 spiro atoms. The number of nitrogens with one attached hydrogen (secondary N) is 1. The molecule has 4 rings (SSSR count). The maximum atomic E-state index is 6.08. The second-order valence-corrected chi connectivity index (χ2v) is 7.72. The van der Waals surface area contributed by atoms with Gasteiger partial charge in [-0.2, -0.15) is 0 Å². The fourth-order valence-electron chi connectivity index (χ4n) is 3.52. The van der Waals surface area contributed by atoms with Gasteiger partial charge in [-0.3, -0.25) is 4.99 Å². The van der Waals surface area contributed by atoms with Crippen LogP contribution in [0.25, 0.3) is 22.6 Å². The molecule has 0 bridgehead atoms. The predicted molar refractivity (Wildman–Crippen MR) is 121 cm³/mol. The monoisotopic (exact) mass is 402 g/mol. The maximum absolute atomic E-state index is 6.08. The van der Waals surface area contributed by atoms with Crippen molar-refractivity contribution in [3.05, 3.63) is 75.9 Å². The highest BCUT2D eigenvalue weighted by atomic mass is 35.5. The average molecular weight is 403 g/mol. The minimum atomic E-state index is 0.678. The normalized spacial score (nSPS) is 12.0. The molecular weight excluding hydrogens is 380 g/mol. The highest BCUT2D eigenvalue weighted by Gasteiger charge is 2.10. The summed E-state index contributed by atoms with van der Waals surface area (Å²) < 4.78 is 0. The van der Waals surface area contributed by atoms with E-state index in [9.17, 15) is 0 Å². The Labute approximate surface area is 175 Å². The molecule has 2 aromatic carbocycles.